The highest BCUT2D eigenvalue weighted by atomic mass is 16.5. The molecule has 0 atom stereocenters. The van der Waals surface area contributed by atoms with Crippen LogP contribution in [0.5, 0.6) is 11.5 Å². The highest BCUT2D eigenvalue weighted by Gasteiger charge is 2.11. The van der Waals surface area contributed by atoms with Crippen molar-refractivity contribution < 1.29 is 18.7 Å². The Morgan fingerprint density at radius 1 is 0.897 bits per heavy atom. The van der Waals surface area contributed by atoms with E-state index in [0.29, 0.717) is 28.2 Å². The van der Waals surface area contributed by atoms with Gasteiger partial charge in [-0.1, -0.05) is 30.3 Å². The summed E-state index contributed by atoms with van der Waals surface area (Å²) in [6.07, 6.45) is 0. The largest absolute Gasteiger partial charge is 0.457 e. The molecular formula is C24H18O5. The molecule has 0 saturated carbocycles. The number of benzene rings is 3. The van der Waals surface area contributed by atoms with Crippen LogP contribution in [0.4, 0.5) is 0 Å². The summed E-state index contributed by atoms with van der Waals surface area (Å²) in [7, 11) is 0. The summed E-state index contributed by atoms with van der Waals surface area (Å²) >= 11 is 0. The molecule has 1 heterocycles. The van der Waals surface area contributed by atoms with Crippen LogP contribution in [-0.4, -0.2) is 5.97 Å². The van der Waals surface area contributed by atoms with E-state index >= 15 is 0 Å². The van der Waals surface area contributed by atoms with Crippen LogP contribution >= 0.6 is 0 Å². The van der Waals surface area contributed by atoms with Crippen LogP contribution in [0, 0.1) is 6.92 Å². The summed E-state index contributed by atoms with van der Waals surface area (Å²) in [6, 6.07) is 23.0. The standard InChI is InChI=1S/C24H18O5/c1-16-7-12-21-18(14-23(25)29-22(21)13-16)15-27-24(26)17-8-10-20(11-9-17)28-19-5-3-2-4-6-19/h2-14H,15H2,1H3. The molecule has 0 amide bonds. The Kier molecular flexibility index (Phi) is 5.12. The summed E-state index contributed by atoms with van der Waals surface area (Å²) in [4.78, 5) is 24.2. The summed E-state index contributed by atoms with van der Waals surface area (Å²) in [6.45, 7) is 1.89. The van der Waals surface area contributed by atoms with Crippen molar-refractivity contribution in [2.75, 3.05) is 0 Å². The zero-order valence-electron chi connectivity index (χ0n) is 15.8. The predicted octanol–water partition coefficient (Wildman–Crippen LogP) is 5.25. The maximum absolute atomic E-state index is 12.4. The van der Waals surface area contributed by atoms with E-state index in [2.05, 4.69) is 0 Å². The quantitative estimate of drug-likeness (QED) is 0.346. The van der Waals surface area contributed by atoms with Gasteiger partial charge in [0.15, 0.2) is 0 Å². The van der Waals surface area contributed by atoms with Crippen LogP contribution in [-0.2, 0) is 11.3 Å². The molecule has 5 nitrogen and oxygen atoms in total. The van der Waals surface area contributed by atoms with Gasteiger partial charge in [-0.25, -0.2) is 9.59 Å². The molecule has 29 heavy (non-hydrogen) atoms. The SMILES string of the molecule is Cc1ccc2c(COC(=O)c3ccc(Oc4ccccc4)cc3)cc(=O)oc2c1. The first-order chi connectivity index (χ1) is 14.1. The van der Waals surface area contributed by atoms with Crippen LogP contribution in [0.15, 0.2) is 88.1 Å². The first-order valence-electron chi connectivity index (χ1n) is 9.12. The van der Waals surface area contributed by atoms with E-state index in [-0.39, 0.29) is 6.61 Å². The Balaban J connectivity index is 1.46. The van der Waals surface area contributed by atoms with Gasteiger partial charge in [0.05, 0.1) is 5.56 Å². The molecule has 0 unspecified atom stereocenters. The first kappa shape index (κ1) is 18.5. The average molecular weight is 386 g/mol. The smallest absolute Gasteiger partial charge is 0.338 e. The minimum atomic E-state index is -0.482. The van der Waals surface area contributed by atoms with Crippen LogP contribution in [0.25, 0.3) is 11.0 Å². The first-order valence-corrected chi connectivity index (χ1v) is 9.12. The summed E-state index contributed by atoms with van der Waals surface area (Å²) in [5.41, 5.74) is 1.98. The number of para-hydroxylation sites is 1. The van der Waals surface area contributed by atoms with Gasteiger partial charge in [-0.05, 0) is 55.0 Å². The molecule has 0 aliphatic carbocycles. The lowest BCUT2D eigenvalue weighted by Crippen LogP contribution is -2.08. The second-order valence-electron chi connectivity index (χ2n) is 6.61. The number of hydrogen-bond acceptors (Lipinski definition) is 5. The molecule has 0 fully saturated rings. The number of aryl methyl sites for hydroxylation is 1. The highest BCUT2D eigenvalue weighted by Crippen LogP contribution is 2.22. The van der Waals surface area contributed by atoms with Gasteiger partial charge in [0, 0.05) is 17.0 Å². The topological polar surface area (TPSA) is 65.7 Å². The molecule has 0 radical (unpaired) electrons. The van der Waals surface area contributed by atoms with E-state index in [9.17, 15) is 9.59 Å². The van der Waals surface area contributed by atoms with Gasteiger partial charge >= 0.3 is 11.6 Å². The number of fused-ring (bicyclic) bond motifs is 1. The maximum atomic E-state index is 12.4. The third kappa shape index (κ3) is 4.35. The zero-order chi connectivity index (χ0) is 20.2. The molecule has 4 aromatic rings. The van der Waals surface area contributed by atoms with Gasteiger partial charge in [-0.2, -0.15) is 0 Å². The Bertz CT molecular complexity index is 1210. The van der Waals surface area contributed by atoms with E-state index < -0.39 is 11.6 Å². The normalized spacial score (nSPS) is 10.7. The van der Waals surface area contributed by atoms with Crippen molar-refractivity contribution in [2.45, 2.75) is 13.5 Å². The minimum absolute atomic E-state index is 0.0216. The molecule has 1 aromatic heterocycles. The van der Waals surface area contributed by atoms with Crippen molar-refractivity contribution in [1.82, 2.24) is 0 Å². The number of rotatable bonds is 5. The van der Waals surface area contributed by atoms with Crippen molar-refractivity contribution in [1.29, 1.82) is 0 Å². The van der Waals surface area contributed by atoms with Crippen LogP contribution in [0.2, 0.25) is 0 Å². The van der Waals surface area contributed by atoms with E-state index in [1.54, 1.807) is 30.3 Å². The summed E-state index contributed by atoms with van der Waals surface area (Å²) in [5, 5.41) is 0.745. The molecule has 0 N–H and O–H groups in total. The number of hydrogen-bond donors (Lipinski definition) is 0. The predicted molar refractivity (Wildman–Crippen MR) is 109 cm³/mol. The van der Waals surface area contributed by atoms with E-state index in [1.165, 1.54) is 6.07 Å². The number of carbonyl (C=O) groups excluding carboxylic acids is 1. The molecule has 0 aliphatic heterocycles. The fourth-order valence-corrected chi connectivity index (χ4v) is 2.97. The highest BCUT2D eigenvalue weighted by molar-refractivity contribution is 5.89. The van der Waals surface area contributed by atoms with Gasteiger partial charge in [-0.3, -0.25) is 0 Å². The number of esters is 1. The molecule has 0 aliphatic rings. The van der Waals surface area contributed by atoms with Crippen molar-refractivity contribution in [3.8, 4) is 11.5 Å². The third-order valence-electron chi connectivity index (χ3n) is 4.41. The molecule has 0 spiro atoms. The second-order valence-corrected chi connectivity index (χ2v) is 6.61. The van der Waals surface area contributed by atoms with E-state index in [0.717, 1.165) is 10.9 Å². The average Bonchev–Trinajstić information content (AvgIpc) is 2.72. The molecule has 4 rings (SSSR count). The Labute approximate surface area is 167 Å². The third-order valence-corrected chi connectivity index (χ3v) is 4.41. The van der Waals surface area contributed by atoms with Gasteiger partial charge in [0.25, 0.3) is 0 Å². The maximum Gasteiger partial charge on any atom is 0.338 e. The van der Waals surface area contributed by atoms with Gasteiger partial charge in [0.1, 0.15) is 23.7 Å². The van der Waals surface area contributed by atoms with Gasteiger partial charge in [-0.15, -0.1) is 0 Å². The van der Waals surface area contributed by atoms with E-state index in [1.807, 2.05) is 49.4 Å². The van der Waals surface area contributed by atoms with Crippen molar-refractivity contribution in [2.24, 2.45) is 0 Å². The Morgan fingerprint density at radius 3 is 2.38 bits per heavy atom. The molecular weight excluding hydrogens is 368 g/mol. The molecule has 3 aromatic carbocycles. The lowest BCUT2D eigenvalue weighted by molar-refractivity contribution is 0.0474. The zero-order valence-corrected chi connectivity index (χ0v) is 15.8. The Morgan fingerprint density at radius 2 is 1.62 bits per heavy atom. The number of carbonyl (C=O) groups is 1. The minimum Gasteiger partial charge on any atom is -0.457 e. The second kappa shape index (κ2) is 8.02. The summed E-state index contributed by atoms with van der Waals surface area (Å²) < 4.78 is 16.3. The van der Waals surface area contributed by atoms with Crippen molar-refractivity contribution in [3.05, 3.63) is 106 Å². The van der Waals surface area contributed by atoms with Crippen LogP contribution in [0.3, 0.4) is 0 Å². The molecule has 5 heteroatoms. The van der Waals surface area contributed by atoms with Crippen molar-refractivity contribution >= 4 is 16.9 Å². The Hall–Kier alpha value is -3.86. The fraction of sp³-hybridized carbons (Fsp3) is 0.0833. The number of ether oxygens (including phenoxy) is 2. The van der Waals surface area contributed by atoms with Crippen LogP contribution in [0.1, 0.15) is 21.5 Å². The van der Waals surface area contributed by atoms with Crippen LogP contribution < -0.4 is 10.4 Å². The lowest BCUT2D eigenvalue weighted by Gasteiger charge is -2.09. The monoisotopic (exact) mass is 386 g/mol. The molecule has 0 bridgehead atoms. The van der Waals surface area contributed by atoms with E-state index in [4.69, 9.17) is 13.9 Å². The van der Waals surface area contributed by atoms with Crippen molar-refractivity contribution in [3.63, 3.8) is 0 Å². The molecule has 0 saturated heterocycles. The van der Waals surface area contributed by atoms with Gasteiger partial charge in [0.2, 0.25) is 0 Å². The summed E-state index contributed by atoms with van der Waals surface area (Å²) in [5.74, 6) is 0.854. The lowest BCUT2D eigenvalue weighted by atomic mass is 10.1. The van der Waals surface area contributed by atoms with Gasteiger partial charge < -0.3 is 13.9 Å². The molecule has 144 valence electrons. The fourth-order valence-electron chi connectivity index (χ4n) is 2.97.